The Kier molecular flexibility index (Phi) is 3.54. The first kappa shape index (κ1) is 12.6. The molecule has 96 valence electrons. The quantitative estimate of drug-likeness (QED) is 0.842. The topological polar surface area (TPSA) is 41.3 Å². The fourth-order valence-corrected chi connectivity index (χ4v) is 2.44. The number of hydrogen-bond acceptors (Lipinski definition) is 3. The average molecular weight is 237 g/mol. The summed E-state index contributed by atoms with van der Waals surface area (Å²) in [6.07, 6.45) is 1.83. The molecular formula is C13H23N3O. The lowest BCUT2D eigenvalue weighted by Gasteiger charge is -2.46. The van der Waals surface area contributed by atoms with E-state index in [9.17, 15) is 5.11 Å². The third-order valence-corrected chi connectivity index (χ3v) is 3.66. The van der Waals surface area contributed by atoms with Gasteiger partial charge in [-0.2, -0.15) is 5.10 Å². The van der Waals surface area contributed by atoms with E-state index in [0.717, 1.165) is 44.7 Å². The SMILES string of the molecule is CCc1cc(CN2CC(O)(CC)C2)n(CC)n1. The molecule has 0 bridgehead atoms. The third kappa shape index (κ3) is 2.53. The largest absolute Gasteiger partial charge is 0.387 e. The molecule has 17 heavy (non-hydrogen) atoms. The molecule has 2 rings (SSSR count). The van der Waals surface area contributed by atoms with Crippen molar-refractivity contribution in [3.63, 3.8) is 0 Å². The second-order valence-electron chi connectivity index (χ2n) is 5.02. The Morgan fingerprint density at radius 1 is 1.35 bits per heavy atom. The molecule has 1 aromatic heterocycles. The van der Waals surface area contributed by atoms with Gasteiger partial charge in [0.15, 0.2) is 0 Å². The Morgan fingerprint density at radius 3 is 2.59 bits per heavy atom. The lowest BCUT2D eigenvalue weighted by Crippen LogP contribution is -2.60. The molecule has 1 N–H and O–H groups in total. The summed E-state index contributed by atoms with van der Waals surface area (Å²) in [4.78, 5) is 2.28. The lowest BCUT2D eigenvalue weighted by atomic mass is 9.91. The Bertz CT molecular complexity index is 380. The summed E-state index contributed by atoms with van der Waals surface area (Å²) in [7, 11) is 0. The minimum Gasteiger partial charge on any atom is -0.387 e. The second-order valence-corrected chi connectivity index (χ2v) is 5.02. The number of aryl methyl sites for hydroxylation is 2. The van der Waals surface area contributed by atoms with E-state index in [1.807, 2.05) is 6.92 Å². The molecule has 1 fully saturated rings. The molecule has 0 aliphatic carbocycles. The lowest BCUT2D eigenvalue weighted by molar-refractivity contribution is -0.104. The van der Waals surface area contributed by atoms with E-state index in [-0.39, 0.29) is 0 Å². The Labute approximate surface area is 103 Å². The van der Waals surface area contributed by atoms with Crippen LogP contribution in [0.2, 0.25) is 0 Å². The number of likely N-dealkylation sites (tertiary alicyclic amines) is 1. The molecule has 0 saturated carbocycles. The van der Waals surface area contributed by atoms with Crippen LogP contribution in [-0.4, -0.2) is 38.5 Å². The van der Waals surface area contributed by atoms with Gasteiger partial charge in [-0.25, -0.2) is 0 Å². The van der Waals surface area contributed by atoms with Crippen molar-refractivity contribution in [1.29, 1.82) is 0 Å². The number of aromatic nitrogens is 2. The van der Waals surface area contributed by atoms with Gasteiger partial charge in [-0.15, -0.1) is 0 Å². The van der Waals surface area contributed by atoms with E-state index < -0.39 is 5.60 Å². The van der Waals surface area contributed by atoms with Crippen LogP contribution in [0.5, 0.6) is 0 Å². The molecule has 0 aromatic carbocycles. The normalized spacial score (nSPS) is 19.3. The van der Waals surface area contributed by atoms with Gasteiger partial charge in [0.05, 0.1) is 17.0 Å². The van der Waals surface area contributed by atoms with Gasteiger partial charge < -0.3 is 5.11 Å². The molecule has 1 saturated heterocycles. The van der Waals surface area contributed by atoms with Crippen molar-refractivity contribution < 1.29 is 5.11 Å². The molecule has 1 aliphatic rings. The zero-order chi connectivity index (χ0) is 12.5. The van der Waals surface area contributed by atoms with Crippen molar-refractivity contribution in [2.45, 2.75) is 52.3 Å². The number of nitrogens with zero attached hydrogens (tertiary/aromatic N) is 3. The van der Waals surface area contributed by atoms with Crippen LogP contribution < -0.4 is 0 Å². The number of aliphatic hydroxyl groups is 1. The first-order chi connectivity index (χ1) is 8.10. The summed E-state index contributed by atoms with van der Waals surface area (Å²) >= 11 is 0. The highest BCUT2D eigenvalue weighted by atomic mass is 16.3. The van der Waals surface area contributed by atoms with Crippen LogP contribution in [0.4, 0.5) is 0 Å². The van der Waals surface area contributed by atoms with E-state index in [2.05, 4.69) is 34.6 Å². The Morgan fingerprint density at radius 2 is 2.06 bits per heavy atom. The van der Waals surface area contributed by atoms with Crippen LogP contribution in [-0.2, 0) is 19.5 Å². The van der Waals surface area contributed by atoms with Gasteiger partial charge in [0.1, 0.15) is 0 Å². The molecule has 1 aliphatic heterocycles. The fraction of sp³-hybridized carbons (Fsp3) is 0.769. The van der Waals surface area contributed by atoms with Crippen LogP contribution in [0, 0.1) is 0 Å². The highest BCUT2D eigenvalue weighted by Gasteiger charge is 2.39. The monoisotopic (exact) mass is 237 g/mol. The molecule has 4 nitrogen and oxygen atoms in total. The van der Waals surface area contributed by atoms with E-state index >= 15 is 0 Å². The molecule has 0 radical (unpaired) electrons. The molecule has 4 heteroatoms. The number of rotatable bonds is 5. The summed E-state index contributed by atoms with van der Waals surface area (Å²) in [5, 5.41) is 14.5. The van der Waals surface area contributed by atoms with Crippen LogP contribution >= 0.6 is 0 Å². The van der Waals surface area contributed by atoms with Crippen molar-refractivity contribution >= 4 is 0 Å². The molecule has 0 atom stereocenters. The van der Waals surface area contributed by atoms with Gasteiger partial charge in [-0.3, -0.25) is 9.58 Å². The van der Waals surface area contributed by atoms with Crippen molar-refractivity contribution in [3.8, 4) is 0 Å². The van der Waals surface area contributed by atoms with Gasteiger partial charge in [-0.05, 0) is 25.8 Å². The smallest absolute Gasteiger partial charge is 0.0897 e. The van der Waals surface area contributed by atoms with Crippen LogP contribution in [0.3, 0.4) is 0 Å². The van der Waals surface area contributed by atoms with Crippen molar-refractivity contribution in [3.05, 3.63) is 17.5 Å². The Hall–Kier alpha value is -0.870. The molecule has 0 amide bonds. The second kappa shape index (κ2) is 4.78. The summed E-state index contributed by atoms with van der Waals surface area (Å²) in [5.74, 6) is 0. The number of hydrogen-bond donors (Lipinski definition) is 1. The minimum atomic E-state index is -0.440. The molecule has 2 heterocycles. The van der Waals surface area contributed by atoms with Crippen LogP contribution in [0.15, 0.2) is 6.07 Å². The zero-order valence-corrected chi connectivity index (χ0v) is 11.1. The maximum absolute atomic E-state index is 9.98. The van der Waals surface area contributed by atoms with Crippen LogP contribution in [0.25, 0.3) is 0 Å². The van der Waals surface area contributed by atoms with Crippen molar-refractivity contribution in [2.24, 2.45) is 0 Å². The molecular weight excluding hydrogens is 214 g/mol. The first-order valence-corrected chi connectivity index (χ1v) is 6.60. The van der Waals surface area contributed by atoms with E-state index in [1.54, 1.807) is 0 Å². The molecule has 0 unspecified atom stereocenters. The minimum absolute atomic E-state index is 0.440. The third-order valence-electron chi connectivity index (χ3n) is 3.66. The van der Waals surface area contributed by atoms with E-state index in [4.69, 9.17) is 0 Å². The Balaban J connectivity index is 1.98. The van der Waals surface area contributed by atoms with Crippen molar-refractivity contribution in [1.82, 2.24) is 14.7 Å². The molecule has 0 spiro atoms. The van der Waals surface area contributed by atoms with Gasteiger partial charge in [-0.1, -0.05) is 13.8 Å². The maximum atomic E-state index is 9.98. The zero-order valence-electron chi connectivity index (χ0n) is 11.1. The van der Waals surface area contributed by atoms with Gasteiger partial charge in [0.25, 0.3) is 0 Å². The highest BCUT2D eigenvalue weighted by molar-refractivity contribution is 5.11. The predicted octanol–water partition coefficient (Wildman–Crippen LogP) is 1.42. The van der Waals surface area contributed by atoms with E-state index in [1.165, 1.54) is 5.69 Å². The maximum Gasteiger partial charge on any atom is 0.0897 e. The number of β-amino-alcohol motifs (C(OH)–C–C–N with tert-alkyl or cyclic N) is 1. The van der Waals surface area contributed by atoms with Gasteiger partial charge in [0.2, 0.25) is 0 Å². The first-order valence-electron chi connectivity index (χ1n) is 6.60. The van der Waals surface area contributed by atoms with Crippen molar-refractivity contribution in [2.75, 3.05) is 13.1 Å². The van der Waals surface area contributed by atoms with Gasteiger partial charge in [0, 0.05) is 26.2 Å². The molecule has 1 aromatic rings. The summed E-state index contributed by atoms with van der Waals surface area (Å²) < 4.78 is 2.07. The van der Waals surface area contributed by atoms with Crippen LogP contribution in [0.1, 0.15) is 38.6 Å². The fourth-order valence-electron chi connectivity index (χ4n) is 2.44. The van der Waals surface area contributed by atoms with Gasteiger partial charge >= 0.3 is 0 Å². The predicted molar refractivity (Wildman–Crippen MR) is 67.8 cm³/mol. The van der Waals surface area contributed by atoms with E-state index in [0.29, 0.717) is 0 Å². The average Bonchev–Trinajstić information content (AvgIpc) is 2.69. The summed E-state index contributed by atoms with van der Waals surface area (Å²) in [5.41, 5.74) is 1.99. The summed E-state index contributed by atoms with van der Waals surface area (Å²) in [6, 6.07) is 2.19. The summed E-state index contributed by atoms with van der Waals surface area (Å²) in [6.45, 7) is 9.70. The standard InChI is InChI=1S/C13H23N3O/c1-4-11-7-12(16(6-3)14-11)8-15-9-13(17,5-2)10-15/h7,17H,4-6,8-10H2,1-3H3. The highest BCUT2D eigenvalue weighted by Crippen LogP contribution is 2.25.